The van der Waals surface area contributed by atoms with Crippen molar-refractivity contribution in [3.8, 4) is 0 Å². The number of rotatable bonds is 5. The van der Waals surface area contributed by atoms with Gasteiger partial charge in [-0.05, 0) is 48.4 Å². The quantitative estimate of drug-likeness (QED) is 0.743. The van der Waals surface area contributed by atoms with Crippen molar-refractivity contribution in [2.75, 3.05) is 0 Å². The third-order valence-corrected chi connectivity index (χ3v) is 3.29. The van der Waals surface area contributed by atoms with Gasteiger partial charge in [-0.2, -0.15) is 0 Å². The molecule has 1 heteroatoms. The third kappa shape index (κ3) is 3.42. The van der Waals surface area contributed by atoms with E-state index in [9.17, 15) is 0 Å². The number of hydrogen-bond donors (Lipinski definition) is 0. The molecule has 0 aliphatic heterocycles. The van der Waals surface area contributed by atoms with Gasteiger partial charge in [-0.15, -0.1) is 0 Å². The van der Waals surface area contributed by atoms with E-state index in [1.54, 1.807) is 0 Å². The molecule has 1 nitrogen and oxygen atoms in total. The molecule has 0 aliphatic rings. The Morgan fingerprint density at radius 3 is 2.35 bits per heavy atom. The summed E-state index contributed by atoms with van der Waals surface area (Å²) in [7, 11) is 0. The van der Waals surface area contributed by atoms with Crippen LogP contribution in [0.5, 0.6) is 0 Å². The molecule has 0 radical (unpaired) electrons. The second kappa shape index (κ2) is 6.19. The topological polar surface area (TPSA) is 12.9 Å². The molecule has 17 heavy (non-hydrogen) atoms. The van der Waals surface area contributed by atoms with Crippen LogP contribution in [0.4, 0.5) is 0 Å². The Morgan fingerprint density at radius 1 is 1.00 bits per heavy atom. The van der Waals surface area contributed by atoms with Crippen molar-refractivity contribution in [3.63, 3.8) is 0 Å². The largest absolute Gasteiger partial charge is 0.265 e. The molecule has 1 atom stereocenters. The summed E-state index contributed by atoms with van der Waals surface area (Å²) in [5, 5.41) is 0. The van der Waals surface area contributed by atoms with Gasteiger partial charge in [0.2, 0.25) is 0 Å². The minimum absolute atomic E-state index is 0.651. The second-order valence-electron chi connectivity index (χ2n) is 4.41. The van der Waals surface area contributed by atoms with Crippen molar-refractivity contribution < 1.29 is 0 Å². The molecule has 1 aromatic carbocycles. The van der Waals surface area contributed by atoms with Crippen LogP contribution in [0.1, 0.15) is 36.8 Å². The van der Waals surface area contributed by atoms with Gasteiger partial charge in [-0.1, -0.05) is 37.3 Å². The number of aromatic nitrogens is 1. The second-order valence-corrected chi connectivity index (χ2v) is 4.41. The summed E-state index contributed by atoms with van der Waals surface area (Å²) in [6.07, 6.45) is 7.34. The lowest BCUT2D eigenvalue weighted by molar-refractivity contribution is 0.605. The molecule has 1 aromatic heterocycles. The summed E-state index contributed by atoms with van der Waals surface area (Å²) in [4.78, 5) is 4.08. The van der Waals surface area contributed by atoms with Crippen molar-refractivity contribution >= 4 is 0 Å². The molecule has 0 N–H and O–H groups in total. The number of nitrogens with zero attached hydrogens (tertiary/aromatic N) is 1. The Bertz CT molecular complexity index is 422. The molecule has 1 unspecified atom stereocenters. The van der Waals surface area contributed by atoms with Gasteiger partial charge in [0.1, 0.15) is 0 Å². The average Bonchev–Trinajstić information content (AvgIpc) is 2.42. The van der Waals surface area contributed by atoms with Crippen LogP contribution in [-0.2, 0) is 6.42 Å². The Kier molecular flexibility index (Phi) is 4.31. The highest BCUT2D eigenvalue weighted by Crippen LogP contribution is 2.24. The Hall–Kier alpha value is -1.63. The van der Waals surface area contributed by atoms with Crippen molar-refractivity contribution in [2.24, 2.45) is 0 Å². The molecular formula is C16H19N. The lowest BCUT2D eigenvalue weighted by Crippen LogP contribution is -1.99. The van der Waals surface area contributed by atoms with Gasteiger partial charge >= 0.3 is 0 Å². The first kappa shape index (κ1) is 11.8. The first-order chi connectivity index (χ1) is 8.40. The minimum atomic E-state index is 0.651. The fraction of sp³-hybridized carbons (Fsp3) is 0.312. The first-order valence-corrected chi connectivity index (χ1v) is 6.34. The molecule has 0 saturated heterocycles. The monoisotopic (exact) mass is 225 g/mol. The molecule has 0 bridgehead atoms. The molecule has 0 spiro atoms. The van der Waals surface area contributed by atoms with Gasteiger partial charge < -0.3 is 0 Å². The highest BCUT2D eigenvalue weighted by molar-refractivity contribution is 5.18. The van der Waals surface area contributed by atoms with Crippen LogP contribution >= 0.6 is 0 Å². The standard InChI is InChI=1S/C16H19N/c1-2-15(16-10-12-17-13-11-16)9-8-14-6-4-3-5-7-14/h3-7,10-13,15H,2,8-9H2,1H3. The predicted octanol–water partition coefficient (Wildman–Crippen LogP) is 4.21. The van der Waals surface area contributed by atoms with E-state index < -0.39 is 0 Å². The average molecular weight is 225 g/mol. The number of hydrogen-bond acceptors (Lipinski definition) is 1. The fourth-order valence-corrected chi connectivity index (χ4v) is 2.23. The Morgan fingerprint density at radius 2 is 1.71 bits per heavy atom. The van der Waals surface area contributed by atoms with E-state index in [1.807, 2.05) is 12.4 Å². The summed E-state index contributed by atoms with van der Waals surface area (Å²) in [5.74, 6) is 0.651. The van der Waals surface area contributed by atoms with Crippen LogP contribution in [0.3, 0.4) is 0 Å². The lowest BCUT2D eigenvalue weighted by atomic mass is 9.91. The fourth-order valence-electron chi connectivity index (χ4n) is 2.23. The van der Waals surface area contributed by atoms with Gasteiger partial charge in [0.05, 0.1) is 0 Å². The molecule has 0 aliphatic carbocycles. The maximum atomic E-state index is 4.08. The zero-order valence-corrected chi connectivity index (χ0v) is 10.3. The highest BCUT2D eigenvalue weighted by Gasteiger charge is 2.08. The first-order valence-electron chi connectivity index (χ1n) is 6.34. The van der Waals surface area contributed by atoms with Crippen LogP contribution in [0, 0.1) is 0 Å². The molecular weight excluding hydrogens is 206 g/mol. The predicted molar refractivity (Wildman–Crippen MR) is 72.0 cm³/mol. The van der Waals surface area contributed by atoms with Crippen LogP contribution in [0.15, 0.2) is 54.9 Å². The zero-order valence-electron chi connectivity index (χ0n) is 10.3. The number of aryl methyl sites for hydroxylation is 1. The zero-order chi connectivity index (χ0) is 11.9. The summed E-state index contributed by atoms with van der Waals surface area (Å²) >= 11 is 0. The van der Waals surface area contributed by atoms with Crippen molar-refractivity contribution in [2.45, 2.75) is 32.1 Å². The summed E-state index contributed by atoms with van der Waals surface area (Å²) in [6, 6.07) is 15.0. The van der Waals surface area contributed by atoms with Gasteiger partial charge in [-0.3, -0.25) is 4.98 Å². The SMILES string of the molecule is CCC(CCc1ccccc1)c1ccncc1. The van der Waals surface area contributed by atoms with Crippen LogP contribution in [0.25, 0.3) is 0 Å². The third-order valence-electron chi connectivity index (χ3n) is 3.29. The van der Waals surface area contributed by atoms with E-state index in [-0.39, 0.29) is 0 Å². The van der Waals surface area contributed by atoms with Gasteiger partial charge in [0, 0.05) is 12.4 Å². The van der Waals surface area contributed by atoms with Crippen LogP contribution in [-0.4, -0.2) is 4.98 Å². The van der Waals surface area contributed by atoms with E-state index in [1.165, 1.54) is 24.0 Å². The molecule has 0 fully saturated rings. The maximum absolute atomic E-state index is 4.08. The molecule has 2 rings (SSSR count). The maximum Gasteiger partial charge on any atom is 0.0270 e. The number of benzene rings is 1. The minimum Gasteiger partial charge on any atom is -0.265 e. The summed E-state index contributed by atoms with van der Waals surface area (Å²) in [6.45, 7) is 2.26. The lowest BCUT2D eigenvalue weighted by Gasteiger charge is -2.14. The molecule has 88 valence electrons. The van der Waals surface area contributed by atoms with E-state index in [0.29, 0.717) is 5.92 Å². The van der Waals surface area contributed by atoms with E-state index >= 15 is 0 Å². The van der Waals surface area contributed by atoms with Crippen LogP contribution < -0.4 is 0 Å². The molecule has 1 heterocycles. The Labute approximate surface area is 104 Å². The van der Waals surface area contributed by atoms with Gasteiger partial charge in [-0.25, -0.2) is 0 Å². The van der Waals surface area contributed by atoms with E-state index in [2.05, 4.69) is 54.4 Å². The van der Waals surface area contributed by atoms with Crippen LogP contribution in [0.2, 0.25) is 0 Å². The molecule has 2 aromatic rings. The molecule has 0 saturated carbocycles. The van der Waals surface area contributed by atoms with Gasteiger partial charge in [0.15, 0.2) is 0 Å². The number of pyridine rings is 1. The summed E-state index contributed by atoms with van der Waals surface area (Å²) in [5.41, 5.74) is 2.85. The van der Waals surface area contributed by atoms with Crippen molar-refractivity contribution in [1.82, 2.24) is 4.98 Å². The van der Waals surface area contributed by atoms with Crippen molar-refractivity contribution in [1.29, 1.82) is 0 Å². The Balaban J connectivity index is 1.97. The normalized spacial score (nSPS) is 12.3. The smallest absolute Gasteiger partial charge is 0.0270 e. The highest BCUT2D eigenvalue weighted by atomic mass is 14.6. The summed E-state index contributed by atoms with van der Waals surface area (Å²) < 4.78 is 0. The van der Waals surface area contributed by atoms with Crippen molar-refractivity contribution in [3.05, 3.63) is 66.0 Å². The molecule has 0 amide bonds. The van der Waals surface area contributed by atoms with E-state index in [0.717, 1.165) is 6.42 Å². The van der Waals surface area contributed by atoms with Gasteiger partial charge in [0.25, 0.3) is 0 Å². The van der Waals surface area contributed by atoms with E-state index in [4.69, 9.17) is 0 Å².